The van der Waals surface area contributed by atoms with Crippen molar-refractivity contribution in [3.8, 4) is 0 Å². The van der Waals surface area contributed by atoms with E-state index in [-0.39, 0.29) is 35.8 Å². The maximum absolute atomic E-state index is 11.6. The first kappa shape index (κ1) is 16.8. The second-order valence-corrected chi connectivity index (χ2v) is 4.91. The van der Waals surface area contributed by atoms with E-state index < -0.39 is 16.9 Å². The Morgan fingerprint density at radius 3 is 2.48 bits per heavy atom. The van der Waals surface area contributed by atoms with Crippen molar-refractivity contribution in [1.82, 2.24) is 0 Å². The number of hydrogen-bond donors (Lipinski definition) is 0. The predicted octanol–water partition coefficient (Wildman–Crippen LogP) is 2.34. The molecule has 0 atom stereocenters. The first-order valence-corrected chi connectivity index (χ1v) is 7.01. The zero-order valence-electron chi connectivity index (χ0n) is 11.7. The maximum atomic E-state index is 11.6. The average Bonchev–Trinajstić information content (AvgIpc) is 2.82. The number of nitro groups is 1. The van der Waals surface area contributed by atoms with E-state index in [1.807, 2.05) is 0 Å². The molecule has 0 aliphatic heterocycles. The van der Waals surface area contributed by atoms with Gasteiger partial charge in [-0.1, -0.05) is 17.9 Å². The largest absolute Gasteiger partial charge is 0.466 e. The van der Waals surface area contributed by atoms with Crippen molar-refractivity contribution in [2.75, 3.05) is 13.2 Å². The van der Waals surface area contributed by atoms with E-state index in [9.17, 15) is 19.7 Å². The molecule has 114 valence electrons. The molecule has 1 aromatic heterocycles. The normalized spacial score (nSPS) is 10.0. The highest BCUT2D eigenvalue weighted by Gasteiger charge is 2.24. The second-order valence-electron chi connectivity index (χ2n) is 3.88. The highest BCUT2D eigenvalue weighted by Crippen LogP contribution is 2.34. The van der Waals surface area contributed by atoms with Crippen molar-refractivity contribution in [2.45, 2.75) is 20.3 Å². The van der Waals surface area contributed by atoms with Gasteiger partial charge in [0.2, 0.25) is 0 Å². The van der Waals surface area contributed by atoms with Crippen molar-refractivity contribution >= 4 is 33.8 Å². The lowest BCUT2D eigenvalue weighted by molar-refractivity contribution is -0.380. The molecule has 1 aromatic rings. The number of thiophene rings is 1. The fourth-order valence-corrected chi connectivity index (χ4v) is 2.49. The lowest BCUT2D eigenvalue weighted by Gasteiger charge is -2.01. The predicted molar refractivity (Wildman–Crippen MR) is 77.0 cm³/mol. The van der Waals surface area contributed by atoms with Crippen LogP contribution in [-0.4, -0.2) is 30.1 Å². The quantitative estimate of drug-likeness (QED) is 0.332. The van der Waals surface area contributed by atoms with Gasteiger partial charge in [0.15, 0.2) is 0 Å². The first-order chi connectivity index (χ1) is 9.90. The number of carbonyl (C=O) groups excluding carboxylic acids is 2. The van der Waals surface area contributed by atoms with Gasteiger partial charge >= 0.3 is 16.9 Å². The van der Waals surface area contributed by atoms with Crippen molar-refractivity contribution in [2.24, 2.45) is 0 Å². The fraction of sp³-hybridized carbons (Fsp3) is 0.385. The molecule has 0 aliphatic carbocycles. The standard InChI is InChI=1S/C13H15NO6S/c1-4-19-11(15)7-9-6-10(21-12(9)14(17)18)8(3)13(16)20-5-2/h6H,3-5,7H2,1-2H3. The van der Waals surface area contributed by atoms with Crippen LogP contribution in [-0.2, 0) is 25.5 Å². The molecule has 0 fully saturated rings. The van der Waals surface area contributed by atoms with Crippen LogP contribution in [0.1, 0.15) is 24.3 Å². The van der Waals surface area contributed by atoms with Crippen LogP contribution >= 0.6 is 11.3 Å². The highest BCUT2D eigenvalue weighted by atomic mass is 32.1. The fourth-order valence-electron chi connectivity index (χ4n) is 1.54. The summed E-state index contributed by atoms with van der Waals surface area (Å²) in [6.07, 6.45) is -0.225. The molecule has 0 spiro atoms. The van der Waals surface area contributed by atoms with Crippen LogP contribution in [0.15, 0.2) is 12.6 Å². The van der Waals surface area contributed by atoms with Gasteiger partial charge in [0.25, 0.3) is 0 Å². The summed E-state index contributed by atoms with van der Waals surface area (Å²) < 4.78 is 9.56. The number of carbonyl (C=O) groups is 2. The van der Waals surface area contributed by atoms with Gasteiger partial charge in [0, 0.05) is 4.88 Å². The minimum absolute atomic E-state index is 0.0278. The van der Waals surface area contributed by atoms with Gasteiger partial charge in [-0.25, -0.2) is 4.79 Å². The number of nitrogens with zero attached hydrogens (tertiary/aromatic N) is 1. The SMILES string of the molecule is C=C(C(=O)OCC)c1cc(CC(=O)OCC)c([N+](=O)[O-])s1. The molecule has 0 bridgehead atoms. The molecule has 0 radical (unpaired) electrons. The molecular weight excluding hydrogens is 298 g/mol. The molecule has 0 saturated heterocycles. The third-order valence-corrected chi connectivity index (χ3v) is 3.60. The van der Waals surface area contributed by atoms with E-state index in [1.165, 1.54) is 6.07 Å². The molecule has 1 heterocycles. The van der Waals surface area contributed by atoms with E-state index in [0.717, 1.165) is 11.3 Å². The summed E-state index contributed by atoms with van der Waals surface area (Å²) in [6, 6.07) is 1.40. The molecule has 21 heavy (non-hydrogen) atoms. The number of rotatable bonds is 7. The number of hydrogen-bond acceptors (Lipinski definition) is 7. The van der Waals surface area contributed by atoms with Crippen LogP contribution in [0.3, 0.4) is 0 Å². The van der Waals surface area contributed by atoms with Gasteiger partial charge in [0.1, 0.15) is 0 Å². The molecule has 0 aromatic carbocycles. The summed E-state index contributed by atoms with van der Waals surface area (Å²) >= 11 is 0.783. The molecule has 0 unspecified atom stereocenters. The Kier molecular flexibility index (Phi) is 6.04. The average molecular weight is 313 g/mol. The smallest absolute Gasteiger partial charge is 0.338 e. The third kappa shape index (κ3) is 4.38. The summed E-state index contributed by atoms with van der Waals surface area (Å²) in [5.41, 5.74) is 0.226. The zero-order valence-corrected chi connectivity index (χ0v) is 12.5. The van der Waals surface area contributed by atoms with E-state index in [4.69, 9.17) is 9.47 Å². The Bertz CT molecular complexity index is 577. The molecule has 0 amide bonds. The topological polar surface area (TPSA) is 95.7 Å². The van der Waals surface area contributed by atoms with E-state index >= 15 is 0 Å². The number of esters is 2. The Morgan fingerprint density at radius 1 is 1.33 bits per heavy atom. The lowest BCUT2D eigenvalue weighted by atomic mass is 10.1. The second kappa shape index (κ2) is 7.53. The van der Waals surface area contributed by atoms with Crippen molar-refractivity contribution < 1.29 is 24.0 Å². The van der Waals surface area contributed by atoms with Crippen LogP contribution in [0.2, 0.25) is 0 Å². The van der Waals surface area contributed by atoms with Crippen molar-refractivity contribution in [3.05, 3.63) is 33.2 Å². The third-order valence-electron chi connectivity index (χ3n) is 2.41. The van der Waals surface area contributed by atoms with Crippen LogP contribution in [0.5, 0.6) is 0 Å². The molecule has 0 saturated carbocycles. The minimum Gasteiger partial charge on any atom is -0.466 e. The summed E-state index contributed by atoms with van der Waals surface area (Å²) in [6.45, 7) is 7.24. The molecule has 0 N–H and O–H groups in total. The lowest BCUT2D eigenvalue weighted by Crippen LogP contribution is -2.08. The summed E-state index contributed by atoms with van der Waals surface area (Å²) in [4.78, 5) is 33.8. The van der Waals surface area contributed by atoms with E-state index in [1.54, 1.807) is 13.8 Å². The maximum Gasteiger partial charge on any atom is 0.338 e. The molecular formula is C13H15NO6S. The van der Waals surface area contributed by atoms with Crippen LogP contribution in [0.4, 0.5) is 5.00 Å². The van der Waals surface area contributed by atoms with Gasteiger partial charge in [-0.05, 0) is 19.9 Å². The highest BCUT2D eigenvalue weighted by molar-refractivity contribution is 7.16. The van der Waals surface area contributed by atoms with Crippen molar-refractivity contribution in [1.29, 1.82) is 0 Å². The molecule has 1 rings (SSSR count). The Hall–Kier alpha value is -2.22. The van der Waals surface area contributed by atoms with Gasteiger partial charge in [-0.15, -0.1) is 0 Å². The summed E-state index contributed by atoms with van der Waals surface area (Å²) in [5.74, 6) is -1.21. The van der Waals surface area contributed by atoms with E-state index in [2.05, 4.69) is 6.58 Å². The van der Waals surface area contributed by atoms with Gasteiger partial charge in [-0.3, -0.25) is 14.9 Å². The van der Waals surface area contributed by atoms with Crippen LogP contribution in [0.25, 0.3) is 5.57 Å². The molecule has 7 nitrogen and oxygen atoms in total. The summed E-state index contributed by atoms with van der Waals surface area (Å²) in [5, 5.41) is 10.8. The number of ether oxygens (including phenoxy) is 2. The van der Waals surface area contributed by atoms with Gasteiger partial charge in [0.05, 0.1) is 35.7 Å². The van der Waals surface area contributed by atoms with Crippen LogP contribution < -0.4 is 0 Å². The Balaban J connectivity index is 3.04. The minimum atomic E-state index is -0.642. The molecule has 8 heteroatoms. The zero-order chi connectivity index (χ0) is 16.0. The monoisotopic (exact) mass is 313 g/mol. The Morgan fingerprint density at radius 2 is 1.95 bits per heavy atom. The van der Waals surface area contributed by atoms with Gasteiger partial charge < -0.3 is 9.47 Å². The van der Waals surface area contributed by atoms with Gasteiger partial charge in [-0.2, -0.15) is 0 Å². The first-order valence-electron chi connectivity index (χ1n) is 6.19. The molecule has 0 aliphatic rings. The van der Waals surface area contributed by atoms with Crippen LogP contribution in [0, 0.1) is 10.1 Å². The van der Waals surface area contributed by atoms with E-state index in [0.29, 0.717) is 4.88 Å². The van der Waals surface area contributed by atoms with Crippen molar-refractivity contribution in [3.63, 3.8) is 0 Å². The Labute approximate surface area is 125 Å². The summed E-state index contributed by atoms with van der Waals surface area (Å²) in [7, 11) is 0.